The van der Waals surface area contributed by atoms with Crippen molar-refractivity contribution in [2.45, 2.75) is 23.8 Å². The van der Waals surface area contributed by atoms with Gasteiger partial charge in [0.1, 0.15) is 11.3 Å². The molecule has 0 bridgehead atoms. The van der Waals surface area contributed by atoms with Crippen molar-refractivity contribution in [3.8, 4) is 0 Å². The average molecular weight is 450 g/mol. The molecule has 4 rings (SSSR count). The van der Waals surface area contributed by atoms with Gasteiger partial charge in [-0.2, -0.15) is 4.31 Å². The van der Waals surface area contributed by atoms with E-state index >= 15 is 0 Å². The van der Waals surface area contributed by atoms with Crippen LogP contribution in [0.1, 0.15) is 23.2 Å². The average Bonchev–Trinajstić information content (AvgIpc) is 3.38. The molecule has 10 heteroatoms. The van der Waals surface area contributed by atoms with Crippen LogP contribution in [0.15, 0.2) is 47.4 Å². The third-order valence-electron chi connectivity index (χ3n) is 4.90. The molecule has 1 N–H and O–H groups in total. The molecule has 1 aliphatic rings. The van der Waals surface area contributed by atoms with Crippen molar-refractivity contribution in [3.05, 3.63) is 53.8 Å². The number of hydrogen-bond acceptors (Lipinski definition) is 6. The summed E-state index contributed by atoms with van der Waals surface area (Å²) in [5.74, 6) is -0.906. The maximum absolute atomic E-state index is 13.8. The fourth-order valence-corrected chi connectivity index (χ4v) is 5.35. The van der Waals surface area contributed by atoms with E-state index < -0.39 is 21.7 Å². The van der Waals surface area contributed by atoms with Crippen molar-refractivity contribution in [2.75, 3.05) is 25.5 Å². The number of rotatable bonds is 6. The summed E-state index contributed by atoms with van der Waals surface area (Å²) in [6.07, 6.45) is 1.69. The first-order valence-corrected chi connectivity index (χ1v) is 11.6. The van der Waals surface area contributed by atoms with Crippen LogP contribution in [-0.2, 0) is 14.8 Å². The highest BCUT2D eigenvalue weighted by atomic mass is 32.2. The molecule has 1 saturated heterocycles. The molecule has 1 aliphatic heterocycles. The summed E-state index contributed by atoms with van der Waals surface area (Å²) >= 11 is 1.16. The van der Waals surface area contributed by atoms with Gasteiger partial charge in [0.05, 0.1) is 15.7 Å². The van der Waals surface area contributed by atoms with Gasteiger partial charge in [0.15, 0.2) is 5.13 Å². The van der Waals surface area contributed by atoms with Gasteiger partial charge < -0.3 is 4.74 Å². The fourth-order valence-electron chi connectivity index (χ4n) is 3.27. The Kier molecular flexibility index (Phi) is 5.83. The topological polar surface area (TPSA) is 88.6 Å². The van der Waals surface area contributed by atoms with Crippen LogP contribution >= 0.6 is 11.3 Å². The lowest BCUT2D eigenvalue weighted by molar-refractivity contribution is 0.0979. The van der Waals surface area contributed by atoms with Crippen LogP contribution < -0.4 is 5.32 Å². The van der Waals surface area contributed by atoms with Gasteiger partial charge in [0.2, 0.25) is 10.0 Å². The predicted octanol–water partition coefficient (Wildman–Crippen LogP) is 3.49. The first-order valence-electron chi connectivity index (χ1n) is 9.39. The number of halogens is 1. The van der Waals surface area contributed by atoms with Gasteiger partial charge in [-0.05, 0) is 49.2 Å². The lowest BCUT2D eigenvalue weighted by Gasteiger charge is -2.20. The minimum atomic E-state index is -3.68. The van der Waals surface area contributed by atoms with Crippen molar-refractivity contribution in [1.82, 2.24) is 9.29 Å². The minimum Gasteiger partial charge on any atom is -0.377 e. The van der Waals surface area contributed by atoms with Gasteiger partial charge in [-0.3, -0.25) is 10.1 Å². The lowest BCUT2D eigenvalue weighted by Crippen LogP contribution is -2.34. The Bertz CT molecular complexity index is 1170. The maximum Gasteiger partial charge on any atom is 0.257 e. The lowest BCUT2D eigenvalue weighted by atomic mass is 10.2. The Labute approximate surface area is 177 Å². The van der Waals surface area contributed by atoms with Gasteiger partial charge in [0.25, 0.3) is 5.91 Å². The molecule has 3 aromatic rings. The Hall–Kier alpha value is -2.40. The number of fused-ring (bicyclic) bond motifs is 1. The molecule has 30 heavy (non-hydrogen) atoms. The smallest absolute Gasteiger partial charge is 0.257 e. The number of aromatic nitrogens is 1. The molecule has 2 aromatic carbocycles. The van der Waals surface area contributed by atoms with Crippen molar-refractivity contribution >= 4 is 42.6 Å². The number of nitrogens with one attached hydrogen (secondary N) is 1. The molecular formula is C20H20FN3O4S2. The highest BCUT2D eigenvalue weighted by Crippen LogP contribution is 2.28. The van der Waals surface area contributed by atoms with Crippen molar-refractivity contribution in [2.24, 2.45) is 0 Å². The summed E-state index contributed by atoms with van der Waals surface area (Å²) in [5, 5.41) is 2.90. The Morgan fingerprint density at radius 1 is 1.30 bits per heavy atom. The zero-order valence-corrected chi connectivity index (χ0v) is 17.8. The summed E-state index contributed by atoms with van der Waals surface area (Å²) in [6.45, 7) is 0.947. The van der Waals surface area contributed by atoms with E-state index in [1.807, 2.05) is 0 Å². The second kappa shape index (κ2) is 8.38. The second-order valence-corrected chi connectivity index (χ2v) is 10.1. The van der Waals surface area contributed by atoms with Gasteiger partial charge in [0, 0.05) is 25.8 Å². The van der Waals surface area contributed by atoms with E-state index in [2.05, 4.69) is 10.3 Å². The molecule has 2 heterocycles. The van der Waals surface area contributed by atoms with E-state index in [1.54, 1.807) is 12.1 Å². The number of amides is 1. The van der Waals surface area contributed by atoms with Gasteiger partial charge in [-0.25, -0.2) is 17.8 Å². The molecule has 0 saturated carbocycles. The summed E-state index contributed by atoms with van der Waals surface area (Å²) < 4.78 is 46.7. The maximum atomic E-state index is 13.8. The predicted molar refractivity (Wildman–Crippen MR) is 113 cm³/mol. The van der Waals surface area contributed by atoms with Gasteiger partial charge in [-0.1, -0.05) is 17.4 Å². The van der Waals surface area contributed by atoms with Crippen LogP contribution in [0.2, 0.25) is 0 Å². The molecule has 0 unspecified atom stereocenters. The van der Waals surface area contributed by atoms with E-state index in [0.717, 1.165) is 24.2 Å². The number of hydrogen-bond donors (Lipinski definition) is 1. The molecule has 0 aliphatic carbocycles. The number of anilines is 1. The van der Waals surface area contributed by atoms with Crippen LogP contribution in [0.3, 0.4) is 0 Å². The van der Waals surface area contributed by atoms with Crippen LogP contribution in [-0.4, -0.2) is 49.9 Å². The summed E-state index contributed by atoms with van der Waals surface area (Å²) in [6, 6.07) is 10.3. The summed E-state index contributed by atoms with van der Waals surface area (Å²) in [7, 11) is -2.16. The van der Waals surface area contributed by atoms with E-state index in [-0.39, 0.29) is 27.2 Å². The van der Waals surface area contributed by atoms with Crippen LogP contribution in [0.5, 0.6) is 0 Å². The minimum absolute atomic E-state index is 0.0894. The number of ether oxygens (including phenoxy) is 1. The zero-order valence-electron chi connectivity index (χ0n) is 16.2. The van der Waals surface area contributed by atoms with Crippen molar-refractivity contribution in [1.29, 1.82) is 0 Å². The number of para-hydroxylation sites is 1. The van der Waals surface area contributed by atoms with Crippen LogP contribution in [0.4, 0.5) is 9.52 Å². The van der Waals surface area contributed by atoms with E-state index in [9.17, 15) is 17.6 Å². The molecule has 1 fully saturated rings. The van der Waals surface area contributed by atoms with Crippen molar-refractivity contribution < 1.29 is 22.3 Å². The van der Waals surface area contributed by atoms with E-state index in [4.69, 9.17) is 4.74 Å². The first kappa shape index (κ1) is 20.9. The number of carbonyl (C=O) groups excluding carboxylic acids is 1. The number of carbonyl (C=O) groups is 1. The summed E-state index contributed by atoms with van der Waals surface area (Å²) in [4.78, 5) is 16.7. The molecule has 0 radical (unpaired) electrons. The number of nitrogens with zero attached hydrogens (tertiary/aromatic N) is 2. The van der Waals surface area contributed by atoms with E-state index in [0.29, 0.717) is 17.9 Å². The fraction of sp³-hybridized carbons (Fsp3) is 0.300. The molecule has 1 aromatic heterocycles. The molecule has 1 amide bonds. The number of likely N-dealkylation sites (N-methyl/N-ethyl adjacent to an activating group) is 1. The van der Waals surface area contributed by atoms with Gasteiger partial charge in [-0.15, -0.1) is 0 Å². The molecule has 7 nitrogen and oxygen atoms in total. The van der Waals surface area contributed by atoms with E-state index in [1.165, 1.54) is 41.7 Å². The number of benzene rings is 2. The first-order chi connectivity index (χ1) is 14.3. The van der Waals surface area contributed by atoms with Crippen LogP contribution in [0.25, 0.3) is 10.2 Å². The molecule has 1 atom stereocenters. The Morgan fingerprint density at radius 3 is 2.73 bits per heavy atom. The molecule has 158 valence electrons. The summed E-state index contributed by atoms with van der Waals surface area (Å²) in [5.41, 5.74) is 0.476. The Morgan fingerprint density at radius 2 is 2.07 bits per heavy atom. The standard InChI is InChI=1S/C20H20FN3O4S2/c1-24(12-14-4-3-11-28-14)30(26,27)15-9-7-13(8-10-15)19(25)23-20-22-18-16(21)5-2-6-17(18)29-20/h2,5-10,14H,3-4,11-12H2,1H3,(H,22,23,25)/t14-/m1/s1. The third kappa shape index (κ3) is 4.22. The van der Waals surface area contributed by atoms with Crippen molar-refractivity contribution in [3.63, 3.8) is 0 Å². The molecule has 0 spiro atoms. The number of thiazole rings is 1. The third-order valence-corrected chi connectivity index (χ3v) is 7.67. The SMILES string of the molecule is CN(C[C@H]1CCCO1)S(=O)(=O)c1ccc(C(=O)Nc2nc3c(F)cccc3s2)cc1. The number of sulfonamides is 1. The van der Waals surface area contributed by atoms with Crippen LogP contribution in [0, 0.1) is 5.82 Å². The second-order valence-electron chi connectivity index (χ2n) is 7.00. The monoisotopic (exact) mass is 449 g/mol. The zero-order chi connectivity index (χ0) is 21.3. The van der Waals surface area contributed by atoms with Gasteiger partial charge >= 0.3 is 0 Å². The highest BCUT2D eigenvalue weighted by Gasteiger charge is 2.26. The molecular weight excluding hydrogens is 429 g/mol. The highest BCUT2D eigenvalue weighted by molar-refractivity contribution is 7.89. The largest absolute Gasteiger partial charge is 0.377 e. The normalized spacial score (nSPS) is 17.0. The quantitative estimate of drug-likeness (QED) is 0.622. The Balaban J connectivity index is 1.46.